The number of benzene rings is 4. The first-order chi connectivity index (χ1) is 19.7. The Labute approximate surface area is 232 Å². The number of nitro groups is 2. The number of carbonyl (C=O) groups excluding carboxylic acids is 2. The number of non-ortho nitro benzene ring substituents is 2. The molecule has 2 amide bonds. The maximum Gasteiger partial charge on any atom is 0.269 e. The number of hydrogen-bond acceptors (Lipinski definition) is 8. The van der Waals surface area contributed by atoms with Gasteiger partial charge in [0, 0.05) is 35.4 Å². The maximum absolute atomic E-state index is 12.6. The number of nitro benzene ring substituents is 2. The van der Waals surface area contributed by atoms with Crippen LogP contribution in [0.2, 0.25) is 0 Å². The molecule has 200 valence electrons. The summed E-state index contributed by atoms with van der Waals surface area (Å²) < 4.78 is 0. The van der Waals surface area contributed by atoms with Crippen LogP contribution in [0.4, 0.5) is 22.7 Å². The monoisotopic (exact) mass is 546 g/mol. The van der Waals surface area contributed by atoms with E-state index < -0.39 is 21.7 Å². The van der Waals surface area contributed by atoms with Crippen molar-refractivity contribution in [3.8, 4) is 12.1 Å². The lowest BCUT2D eigenvalue weighted by Crippen LogP contribution is -2.13. The standard InChI is InChI=1S/C29H18N6O6/c30-16-22-14-18(1-11-26(22)32-28(36)20-3-7-24(8-4-20)34(38)39)13-19-2-12-27(23(15-19)17-31)33-29(37)21-5-9-25(10-6-21)35(40)41/h1-12,14-15H,13H2,(H,32,36)(H,33,37). The van der Waals surface area contributed by atoms with Crippen LogP contribution >= 0.6 is 0 Å². The van der Waals surface area contributed by atoms with Crippen LogP contribution in [0.25, 0.3) is 0 Å². The van der Waals surface area contributed by atoms with Gasteiger partial charge in [-0.1, -0.05) is 12.1 Å². The van der Waals surface area contributed by atoms with Crippen LogP contribution in [0, 0.1) is 42.9 Å². The van der Waals surface area contributed by atoms with Gasteiger partial charge in [0.15, 0.2) is 0 Å². The lowest BCUT2D eigenvalue weighted by molar-refractivity contribution is -0.385. The smallest absolute Gasteiger partial charge is 0.269 e. The van der Waals surface area contributed by atoms with Crippen LogP contribution in [0.5, 0.6) is 0 Å². The van der Waals surface area contributed by atoms with Gasteiger partial charge in [0.05, 0.1) is 32.3 Å². The number of rotatable bonds is 8. The highest BCUT2D eigenvalue weighted by Gasteiger charge is 2.14. The highest BCUT2D eigenvalue weighted by Crippen LogP contribution is 2.24. The van der Waals surface area contributed by atoms with Crippen LogP contribution < -0.4 is 10.6 Å². The van der Waals surface area contributed by atoms with Gasteiger partial charge in [0.25, 0.3) is 23.2 Å². The highest BCUT2D eigenvalue weighted by atomic mass is 16.6. The van der Waals surface area contributed by atoms with Crippen LogP contribution in [0.1, 0.15) is 43.0 Å². The van der Waals surface area contributed by atoms with E-state index in [2.05, 4.69) is 10.6 Å². The molecule has 0 aliphatic heterocycles. The highest BCUT2D eigenvalue weighted by molar-refractivity contribution is 6.05. The topological polar surface area (TPSA) is 192 Å². The molecule has 12 nitrogen and oxygen atoms in total. The van der Waals surface area contributed by atoms with E-state index in [0.29, 0.717) is 6.42 Å². The van der Waals surface area contributed by atoms with Gasteiger partial charge in [-0.15, -0.1) is 0 Å². The molecular formula is C29H18N6O6. The molecule has 0 unspecified atom stereocenters. The second-order valence-corrected chi connectivity index (χ2v) is 8.68. The Balaban J connectivity index is 1.46. The second-order valence-electron chi connectivity index (χ2n) is 8.68. The summed E-state index contributed by atoms with van der Waals surface area (Å²) >= 11 is 0. The summed E-state index contributed by atoms with van der Waals surface area (Å²) in [5, 5.41) is 46.2. The zero-order valence-electron chi connectivity index (χ0n) is 21.0. The molecule has 0 aromatic heterocycles. The number of nitrogens with one attached hydrogen (secondary N) is 2. The number of carbonyl (C=O) groups is 2. The SMILES string of the molecule is N#Cc1cc(Cc2ccc(NC(=O)c3ccc([N+](=O)[O-])cc3)c(C#N)c2)ccc1NC(=O)c1ccc([N+](=O)[O-])cc1. The van der Waals surface area contributed by atoms with Gasteiger partial charge in [-0.05, 0) is 66.1 Å². The molecule has 4 aromatic rings. The summed E-state index contributed by atoms with van der Waals surface area (Å²) in [5.41, 5.74) is 2.45. The number of nitrogens with zero attached hydrogens (tertiary/aromatic N) is 4. The van der Waals surface area contributed by atoms with Gasteiger partial charge in [0.2, 0.25) is 0 Å². The molecule has 0 aliphatic rings. The molecule has 0 saturated heterocycles. The Bertz CT molecular complexity index is 1640. The fourth-order valence-electron chi connectivity index (χ4n) is 3.90. The first-order valence-electron chi connectivity index (χ1n) is 11.9. The summed E-state index contributed by atoms with van der Waals surface area (Å²) in [5.74, 6) is -1.07. The predicted octanol–water partition coefficient (Wildman–Crippen LogP) is 5.34. The fraction of sp³-hybridized carbons (Fsp3) is 0.0345. The van der Waals surface area contributed by atoms with Crippen molar-refractivity contribution in [3.05, 3.63) is 139 Å². The van der Waals surface area contributed by atoms with E-state index in [0.717, 1.165) is 11.1 Å². The van der Waals surface area contributed by atoms with Crippen molar-refractivity contribution >= 4 is 34.6 Å². The number of amides is 2. The molecule has 0 spiro atoms. The van der Waals surface area contributed by atoms with Crippen molar-refractivity contribution in [3.63, 3.8) is 0 Å². The van der Waals surface area contributed by atoms with Gasteiger partial charge in [-0.3, -0.25) is 29.8 Å². The first kappa shape index (κ1) is 27.6. The molecule has 0 radical (unpaired) electrons. The molecule has 0 atom stereocenters. The average Bonchev–Trinajstić information content (AvgIpc) is 2.98. The molecule has 4 rings (SSSR count). The van der Waals surface area contributed by atoms with E-state index in [-0.39, 0.29) is 45.0 Å². The zero-order chi connectivity index (χ0) is 29.5. The summed E-state index contributed by atoms with van der Waals surface area (Å²) in [7, 11) is 0. The van der Waals surface area contributed by atoms with Crippen LogP contribution in [-0.4, -0.2) is 21.7 Å². The summed E-state index contributed by atoms with van der Waals surface area (Å²) in [6.07, 6.45) is 0.344. The molecular weight excluding hydrogens is 528 g/mol. The van der Waals surface area contributed by atoms with E-state index in [1.165, 1.54) is 48.5 Å². The molecule has 41 heavy (non-hydrogen) atoms. The third-order valence-electron chi connectivity index (χ3n) is 5.99. The van der Waals surface area contributed by atoms with Crippen molar-refractivity contribution in [1.82, 2.24) is 0 Å². The Hall–Kier alpha value is -6.40. The summed E-state index contributed by atoms with van der Waals surface area (Å²) in [6.45, 7) is 0. The third kappa shape index (κ3) is 6.54. The first-order valence-corrected chi connectivity index (χ1v) is 11.9. The lowest BCUT2D eigenvalue weighted by atomic mass is 9.99. The number of hydrogen-bond donors (Lipinski definition) is 2. The Kier molecular flexibility index (Phi) is 8.07. The van der Waals surface area contributed by atoms with Crippen LogP contribution in [0.15, 0.2) is 84.9 Å². The third-order valence-corrected chi connectivity index (χ3v) is 5.99. The molecule has 0 heterocycles. The van der Waals surface area contributed by atoms with Gasteiger partial charge >= 0.3 is 0 Å². The number of nitriles is 2. The van der Waals surface area contributed by atoms with Crippen molar-refractivity contribution < 1.29 is 19.4 Å². The normalized spacial score (nSPS) is 10.1. The largest absolute Gasteiger partial charge is 0.321 e. The molecule has 0 saturated carbocycles. The van der Waals surface area contributed by atoms with Crippen molar-refractivity contribution in [2.75, 3.05) is 10.6 Å². The van der Waals surface area contributed by atoms with E-state index in [1.807, 2.05) is 12.1 Å². The van der Waals surface area contributed by atoms with Gasteiger partial charge in [-0.25, -0.2) is 0 Å². The minimum absolute atomic E-state index is 0.150. The minimum atomic E-state index is -0.570. The Morgan fingerprint density at radius 3 is 1.32 bits per heavy atom. The minimum Gasteiger partial charge on any atom is -0.321 e. The fourth-order valence-corrected chi connectivity index (χ4v) is 3.90. The lowest BCUT2D eigenvalue weighted by Gasteiger charge is -2.11. The average molecular weight is 546 g/mol. The Morgan fingerprint density at radius 2 is 1.00 bits per heavy atom. The van der Waals surface area contributed by atoms with E-state index in [9.17, 15) is 40.3 Å². The summed E-state index contributed by atoms with van der Waals surface area (Å²) in [6, 6.07) is 24.0. The van der Waals surface area contributed by atoms with Crippen LogP contribution in [-0.2, 0) is 6.42 Å². The zero-order valence-corrected chi connectivity index (χ0v) is 21.0. The molecule has 12 heteroatoms. The predicted molar refractivity (Wildman–Crippen MR) is 147 cm³/mol. The molecule has 2 N–H and O–H groups in total. The van der Waals surface area contributed by atoms with Gasteiger partial charge in [-0.2, -0.15) is 10.5 Å². The second kappa shape index (κ2) is 12.0. The van der Waals surface area contributed by atoms with Gasteiger partial charge < -0.3 is 10.6 Å². The summed E-state index contributed by atoms with van der Waals surface area (Å²) in [4.78, 5) is 45.6. The molecule has 4 aromatic carbocycles. The van der Waals surface area contributed by atoms with Crippen molar-refractivity contribution in [1.29, 1.82) is 10.5 Å². The van der Waals surface area contributed by atoms with Crippen LogP contribution in [0.3, 0.4) is 0 Å². The van der Waals surface area contributed by atoms with E-state index in [1.54, 1.807) is 36.4 Å². The Morgan fingerprint density at radius 1 is 0.634 bits per heavy atom. The quantitative estimate of drug-likeness (QED) is 0.218. The van der Waals surface area contributed by atoms with Gasteiger partial charge in [0.1, 0.15) is 12.1 Å². The van der Waals surface area contributed by atoms with Crippen molar-refractivity contribution in [2.24, 2.45) is 0 Å². The van der Waals surface area contributed by atoms with Crippen molar-refractivity contribution in [2.45, 2.75) is 6.42 Å². The van der Waals surface area contributed by atoms with E-state index in [4.69, 9.17) is 0 Å². The maximum atomic E-state index is 12.6. The molecule has 0 aliphatic carbocycles. The molecule has 0 bridgehead atoms. The van der Waals surface area contributed by atoms with E-state index >= 15 is 0 Å². The molecule has 0 fully saturated rings. The number of anilines is 2.